The molecule has 46 heavy (non-hydrogen) atoms. The van der Waals surface area contributed by atoms with E-state index in [9.17, 15) is 14.9 Å². The van der Waals surface area contributed by atoms with Crippen molar-refractivity contribution in [1.82, 2.24) is 9.88 Å². The molecule has 1 aliphatic carbocycles. The van der Waals surface area contributed by atoms with Crippen LogP contribution in [-0.2, 0) is 16.1 Å². The maximum Gasteiger partial charge on any atom is 0.337 e. The number of esters is 1. The van der Waals surface area contributed by atoms with E-state index in [0.29, 0.717) is 55.5 Å². The zero-order valence-corrected chi connectivity index (χ0v) is 26.3. The number of carbonyl (C=O) groups excluding carboxylic acids is 2. The zero-order valence-electron chi connectivity index (χ0n) is 26.3. The standard InChI is InChI=1S/C35H38BN5O5/c1-3-24-7-10-31(28(36)19-24)45-22-26-5-4-6-33(39-26)46-27-11-17-41(18-12-27)21-32(42)40-29-9-8-25(34(43)44-2)20-30(29)38-23-35(13-14-35)15-16-37/h1,4-10,19-20,27,38H,11-15,17-18,21-23,36H2,2H3,(H,40,42). The van der Waals surface area contributed by atoms with Gasteiger partial charge in [0.15, 0.2) is 0 Å². The Hall–Kier alpha value is -5.00. The monoisotopic (exact) mass is 619 g/mol. The molecule has 1 saturated carbocycles. The van der Waals surface area contributed by atoms with Crippen LogP contribution >= 0.6 is 0 Å². The van der Waals surface area contributed by atoms with Crippen molar-refractivity contribution in [2.24, 2.45) is 5.41 Å². The highest BCUT2D eigenvalue weighted by molar-refractivity contribution is 6.34. The van der Waals surface area contributed by atoms with Crippen molar-refractivity contribution in [3.8, 4) is 30.0 Å². The molecule has 3 aromatic rings. The molecule has 1 amide bonds. The van der Waals surface area contributed by atoms with Gasteiger partial charge in [0.1, 0.15) is 26.3 Å². The second-order valence-corrected chi connectivity index (χ2v) is 12.0. The van der Waals surface area contributed by atoms with Crippen LogP contribution in [-0.4, -0.2) is 69.0 Å². The third-order valence-electron chi connectivity index (χ3n) is 8.47. The van der Waals surface area contributed by atoms with Crippen LogP contribution in [0.4, 0.5) is 11.4 Å². The minimum Gasteiger partial charge on any atom is -0.488 e. The Bertz CT molecular complexity index is 1650. The first-order chi connectivity index (χ1) is 22.3. The Morgan fingerprint density at radius 2 is 1.93 bits per heavy atom. The van der Waals surface area contributed by atoms with Crippen molar-refractivity contribution in [2.75, 3.05) is 43.9 Å². The normalized spacial score (nSPS) is 15.5. The summed E-state index contributed by atoms with van der Waals surface area (Å²) in [6, 6.07) is 18.6. The van der Waals surface area contributed by atoms with Gasteiger partial charge in [-0.15, -0.1) is 6.42 Å². The molecule has 2 N–H and O–H groups in total. The summed E-state index contributed by atoms with van der Waals surface area (Å²) in [5.41, 5.74) is 4.08. The van der Waals surface area contributed by atoms with Gasteiger partial charge in [-0.1, -0.05) is 12.0 Å². The van der Waals surface area contributed by atoms with E-state index in [1.165, 1.54) is 7.11 Å². The van der Waals surface area contributed by atoms with E-state index in [4.69, 9.17) is 20.6 Å². The number of nitrogens with zero attached hydrogens (tertiary/aromatic N) is 3. The second kappa shape index (κ2) is 14.9. The summed E-state index contributed by atoms with van der Waals surface area (Å²) in [5.74, 6) is 3.33. The molecule has 0 spiro atoms. The number of anilines is 2. The van der Waals surface area contributed by atoms with Crippen LogP contribution in [0.3, 0.4) is 0 Å². The smallest absolute Gasteiger partial charge is 0.337 e. The number of hydrogen-bond donors (Lipinski definition) is 2. The summed E-state index contributed by atoms with van der Waals surface area (Å²) in [7, 11) is 3.29. The van der Waals surface area contributed by atoms with Gasteiger partial charge in [0.05, 0.1) is 42.4 Å². The maximum absolute atomic E-state index is 13.1. The molecule has 0 atom stereocenters. The van der Waals surface area contributed by atoms with Crippen LogP contribution < -0.4 is 25.6 Å². The Balaban J connectivity index is 1.10. The lowest BCUT2D eigenvalue weighted by Crippen LogP contribution is -2.42. The lowest BCUT2D eigenvalue weighted by Gasteiger charge is -2.31. The Morgan fingerprint density at radius 3 is 2.63 bits per heavy atom. The van der Waals surface area contributed by atoms with Crippen molar-refractivity contribution in [3.05, 3.63) is 71.4 Å². The lowest BCUT2D eigenvalue weighted by atomic mass is 9.93. The molecule has 11 heteroatoms. The van der Waals surface area contributed by atoms with E-state index in [-0.39, 0.29) is 24.0 Å². The highest BCUT2D eigenvalue weighted by Gasteiger charge is 2.42. The van der Waals surface area contributed by atoms with E-state index in [1.54, 1.807) is 18.2 Å². The first kappa shape index (κ1) is 32.4. The highest BCUT2D eigenvalue weighted by Crippen LogP contribution is 2.48. The fourth-order valence-electron chi connectivity index (χ4n) is 5.49. The second-order valence-electron chi connectivity index (χ2n) is 12.0. The first-order valence-electron chi connectivity index (χ1n) is 15.5. The number of rotatable bonds is 13. The van der Waals surface area contributed by atoms with Crippen LogP contribution in [0.5, 0.6) is 11.6 Å². The number of piperidine rings is 1. The molecule has 2 heterocycles. The third-order valence-corrected chi connectivity index (χ3v) is 8.47. The number of nitrogens with one attached hydrogen (secondary N) is 2. The summed E-state index contributed by atoms with van der Waals surface area (Å²) in [6.45, 7) is 2.54. The predicted molar refractivity (Wildman–Crippen MR) is 178 cm³/mol. The average Bonchev–Trinajstić information content (AvgIpc) is 3.84. The molecular weight excluding hydrogens is 581 g/mol. The number of pyridine rings is 1. The molecule has 0 bridgehead atoms. The fourth-order valence-corrected chi connectivity index (χ4v) is 5.49. The number of carbonyl (C=O) groups is 2. The number of aromatic nitrogens is 1. The van der Waals surface area contributed by atoms with Crippen molar-refractivity contribution in [1.29, 1.82) is 5.26 Å². The van der Waals surface area contributed by atoms with Crippen molar-refractivity contribution in [2.45, 2.75) is 44.8 Å². The van der Waals surface area contributed by atoms with E-state index >= 15 is 0 Å². The Morgan fingerprint density at radius 1 is 1.13 bits per heavy atom. The molecule has 2 aliphatic rings. The van der Waals surface area contributed by atoms with Gasteiger partial charge in [0.2, 0.25) is 11.8 Å². The van der Waals surface area contributed by atoms with Gasteiger partial charge < -0.3 is 24.8 Å². The summed E-state index contributed by atoms with van der Waals surface area (Å²) in [4.78, 5) is 31.9. The molecule has 0 unspecified atom stereocenters. The Kier molecular flexibility index (Phi) is 10.5. The number of methoxy groups -OCH3 is 1. The van der Waals surface area contributed by atoms with Crippen LogP contribution in [0.25, 0.3) is 0 Å². The quantitative estimate of drug-likeness (QED) is 0.169. The summed E-state index contributed by atoms with van der Waals surface area (Å²) in [6.07, 6.45) is 9.42. The first-order valence-corrected chi connectivity index (χ1v) is 15.5. The molecule has 5 rings (SSSR count). The number of ether oxygens (including phenoxy) is 3. The number of likely N-dealkylation sites (tertiary alicyclic amines) is 1. The number of terminal acetylenes is 1. The third kappa shape index (κ3) is 8.59. The van der Waals surface area contributed by atoms with Crippen molar-refractivity contribution >= 4 is 36.6 Å². The number of benzene rings is 2. The van der Waals surface area contributed by atoms with Gasteiger partial charge in [0.25, 0.3) is 0 Å². The topological polar surface area (TPSA) is 126 Å². The van der Waals surface area contributed by atoms with Crippen LogP contribution in [0.2, 0.25) is 0 Å². The van der Waals surface area contributed by atoms with Crippen molar-refractivity contribution in [3.63, 3.8) is 0 Å². The van der Waals surface area contributed by atoms with Crippen molar-refractivity contribution < 1.29 is 23.8 Å². The lowest BCUT2D eigenvalue weighted by molar-refractivity contribution is -0.117. The van der Waals surface area contributed by atoms with E-state index in [0.717, 1.165) is 48.2 Å². The summed E-state index contributed by atoms with van der Waals surface area (Å²) < 4.78 is 17.0. The molecule has 1 aromatic heterocycles. The average molecular weight is 620 g/mol. The van der Waals surface area contributed by atoms with E-state index in [1.807, 2.05) is 44.2 Å². The van der Waals surface area contributed by atoms with Gasteiger partial charge in [0, 0.05) is 43.1 Å². The van der Waals surface area contributed by atoms with Crippen LogP contribution in [0, 0.1) is 29.1 Å². The molecule has 1 aliphatic heterocycles. The van der Waals surface area contributed by atoms with Crippen LogP contribution in [0.15, 0.2) is 54.6 Å². The molecule has 236 valence electrons. The Labute approximate surface area is 270 Å². The molecule has 2 fully saturated rings. The highest BCUT2D eigenvalue weighted by atomic mass is 16.5. The fraction of sp³-hybridized carbons (Fsp3) is 0.371. The molecule has 2 aromatic carbocycles. The number of nitriles is 1. The summed E-state index contributed by atoms with van der Waals surface area (Å²) in [5, 5.41) is 15.5. The van der Waals surface area contributed by atoms with Gasteiger partial charge in [-0.25, -0.2) is 9.78 Å². The van der Waals surface area contributed by atoms with Gasteiger partial charge >= 0.3 is 5.97 Å². The van der Waals surface area contributed by atoms with Crippen LogP contribution in [0.1, 0.15) is 53.7 Å². The van der Waals surface area contributed by atoms with E-state index in [2.05, 4.69) is 32.5 Å². The number of hydrogen-bond acceptors (Lipinski definition) is 9. The number of amides is 1. The van der Waals surface area contributed by atoms with Gasteiger partial charge in [-0.05, 0) is 73.6 Å². The molecule has 1 saturated heterocycles. The minimum absolute atomic E-state index is 0.00800. The molecule has 10 nitrogen and oxygen atoms in total. The maximum atomic E-state index is 13.1. The van der Waals surface area contributed by atoms with Gasteiger partial charge in [-0.2, -0.15) is 5.26 Å². The predicted octanol–water partition coefficient (Wildman–Crippen LogP) is 3.27. The zero-order chi connectivity index (χ0) is 32.5. The molecular formula is C35H38BN5O5. The summed E-state index contributed by atoms with van der Waals surface area (Å²) >= 11 is 0. The van der Waals surface area contributed by atoms with E-state index < -0.39 is 5.97 Å². The SMILES string of the molecule is Bc1cc(C#C)ccc1OCc1cccc(OC2CCN(CC(=O)Nc3ccc(C(=O)OC)cc3NCC3(CC#N)CC3)CC2)n1. The van der Waals surface area contributed by atoms with Gasteiger partial charge in [-0.3, -0.25) is 9.69 Å². The largest absolute Gasteiger partial charge is 0.488 e. The minimum atomic E-state index is -0.457. The molecule has 0 radical (unpaired) electrons.